The summed E-state index contributed by atoms with van der Waals surface area (Å²) in [7, 11) is 0. The predicted octanol–water partition coefficient (Wildman–Crippen LogP) is 2.24. The van der Waals surface area contributed by atoms with E-state index in [1.165, 1.54) is 58.3 Å². The average molecular weight is 284 g/mol. The minimum absolute atomic E-state index is 0.0612. The van der Waals surface area contributed by atoms with Gasteiger partial charge in [-0.1, -0.05) is 6.92 Å². The van der Waals surface area contributed by atoms with Gasteiger partial charge in [0.05, 0.1) is 6.61 Å². The Bertz CT molecular complexity index is 239. The molecule has 1 unspecified atom stereocenters. The maximum atomic E-state index is 5.87. The van der Waals surface area contributed by atoms with Crippen LogP contribution < -0.4 is 5.32 Å². The number of nitrogens with zero attached hydrogens (tertiary/aromatic N) is 1. The van der Waals surface area contributed by atoms with Crippen LogP contribution in [0.3, 0.4) is 0 Å². The van der Waals surface area contributed by atoms with E-state index in [1.54, 1.807) is 0 Å². The summed E-state index contributed by atoms with van der Waals surface area (Å²) in [5.74, 6) is 0.869. The van der Waals surface area contributed by atoms with Gasteiger partial charge in [0.15, 0.2) is 6.29 Å². The van der Waals surface area contributed by atoms with Crippen LogP contribution in [-0.2, 0) is 9.47 Å². The summed E-state index contributed by atoms with van der Waals surface area (Å²) in [5.41, 5.74) is 0. The summed E-state index contributed by atoms with van der Waals surface area (Å²) < 4.78 is 11.5. The first-order chi connectivity index (χ1) is 9.88. The molecule has 0 radical (unpaired) electrons. The minimum atomic E-state index is 0.0612. The lowest BCUT2D eigenvalue weighted by Crippen LogP contribution is -2.38. The Hall–Kier alpha value is -0.160. The van der Waals surface area contributed by atoms with Crippen LogP contribution in [0.25, 0.3) is 0 Å². The molecule has 0 bridgehead atoms. The third-order valence-electron chi connectivity index (χ3n) is 4.36. The zero-order valence-electron chi connectivity index (χ0n) is 13.1. The van der Waals surface area contributed by atoms with Gasteiger partial charge >= 0.3 is 0 Å². The van der Waals surface area contributed by atoms with Gasteiger partial charge in [0, 0.05) is 19.7 Å². The van der Waals surface area contributed by atoms with Gasteiger partial charge in [-0.2, -0.15) is 0 Å². The van der Waals surface area contributed by atoms with E-state index in [0.717, 1.165) is 32.1 Å². The molecule has 1 N–H and O–H groups in total. The quantitative estimate of drug-likeness (QED) is 0.741. The Morgan fingerprint density at radius 2 is 2.00 bits per heavy atom. The summed E-state index contributed by atoms with van der Waals surface area (Å²) in [5, 5.41) is 3.45. The van der Waals surface area contributed by atoms with Crippen molar-refractivity contribution < 1.29 is 9.47 Å². The van der Waals surface area contributed by atoms with Gasteiger partial charge in [-0.05, 0) is 64.1 Å². The van der Waals surface area contributed by atoms with Gasteiger partial charge in [0.2, 0.25) is 0 Å². The zero-order chi connectivity index (χ0) is 14.0. The van der Waals surface area contributed by atoms with Crippen molar-refractivity contribution in [2.24, 2.45) is 5.92 Å². The van der Waals surface area contributed by atoms with Gasteiger partial charge in [-0.3, -0.25) is 0 Å². The molecule has 1 atom stereocenters. The molecule has 0 aromatic heterocycles. The lowest BCUT2D eigenvalue weighted by molar-refractivity contribution is -0.164. The van der Waals surface area contributed by atoms with Gasteiger partial charge in [-0.25, -0.2) is 0 Å². The highest BCUT2D eigenvalue weighted by molar-refractivity contribution is 4.72. The molecule has 0 aromatic rings. The number of ether oxygens (including phenoxy) is 2. The van der Waals surface area contributed by atoms with Crippen LogP contribution in [0.1, 0.15) is 45.4 Å². The number of rotatable bonds is 8. The van der Waals surface area contributed by atoms with Crippen LogP contribution in [0, 0.1) is 5.92 Å². The van der Waals surface area contributed by atoms with Gasteiger partial charge in [-0.15, -0.1) is 0 Å². The van der Waals surface area contributed by atoms with Crippen LogP contribution in [0.2, 0.25) is 0 Å². The van der Waals surface area contributed by atoms with Crippen LogP contribution >= 0.6 is 0 Å². The molecule has 2 aliphatic heterocycles. The second-order valence-corrected chi connectivity index (χ2v) is 6.16. The molecular weight excluding hydrogens is 252 g/mol. The highest BCUT2D eigenvalue weighted by Gasteiger charge is 2.18. The Morgan fingerprint density at radius 3 is 2.70 bits per heavy atom. The van der Waals surface area contributed by atoms with Crippen molar-refractivity contribution in [3.63, 3.8) is 0 Å². The molecule has 2 saturated heterocycles. The van der Waals surface area contributed by atoms with Crippen molar-refractivity contribution >= 4 is 0 Å². The SMILES string of the molecule is CCCN(CCOC1CCCCO1)CC1CCNCC1. The van der Waals surface area contributed by atoms with Crippen molar-refractivity contribution in [2.75, 3.05) is 45.9 Å². The zero-order valence-corrected chi connectivity index (χ0v) is 13.1. The van der Waals surface area contributed by atoms with E-state index >= 15 is 0 Å². The maximum absolute atomic E-state index is 5.87. The monoisotopic (exact) mass is 284 g/mol. The molecule has 4 heteroatoms. The summed E-state index contributed by atoms with van der Waals surface area (Å²) in [6.45, 7) is 9.82. The molecule has 4 nitrogen and oxygen atoms in total. The van der Waals surface area contributed by atoms with E-state index in [1.807, 2.05) is 0 Å². The van der Waals surface area contributed by atoms with Crippen LogP contribution in [-0.4, -0.2) is 57.1 Å². The van der Waals surface area contributed by atoms with Crippen molar-refractivity contribution in [1.29, 1.82) is 0 Å². The minimum Gasteiger partial charge on any atom is -0.353 e. The van der Waals surface area contributed by atoms with Crippen molar-refractivity contribution in [3.05, 3.63) is 0 Å². The van der Waals surface area contributed by atoms with Crippen molar-refractivity contribution in [2.45, 2.75) is 51.7 Å². The Morgan fingerprint density at radius 1 is 1.15 bits per heavy atom. The highest BCUT2D eigenvalue weighted by atomic mass is 16.7. The number of hydrogen-bond donors (Lipinski definition) is 1. The van der Waals surface area contributed by atoms with E-state index in [2.05, 4.69) is 17.1 Å². The summed E-state index contributed by atoms with van der Waals surface area (Å²) in [4.78, 5) is 2.58. The first-order valence-corrected chi connectivity index (χ1v) is 8.54. The molecular formula is C16H32N2O2. The molecule has 0 spiro atoms. The maximum Gasteiger partial charge on any atom is 0.157 e. The normalized spacial score (nSPS) is 25.2. The smallest absolute Gasteiger partial charge is 0.157 e. The summed E-state index contributed by atoms with van der Waals surface area (Å²) >= 11 is 0. The summed E-state index contributed by atoms with van der Waals surface area (Å²) in [6.07, 6.45) is 7.45. The van der Waals surface area contributed by atoms with Crippen LogP contribution in [0.15, 0.2) is 0 Å². The largest absolute Gasteiger partial charge is 0.353 e. The van der Waals surface area contributed by atoms with E-state index < -0.39 is 0 Å². The molecule has 118 valence electrons. The Balaban J connectivity index is 1.62. The molecule has 2 rings (SSSR count). The van der Waals surface area contributed by atoms with E-state index in [-0.39, 0.29) is 6.29 Å². The fraction of sp³-hybridized carbons (Fsp3) is 1.00. The highest BCUT2D eigenvalue weighted by Crippen LogP contribution is 2.15. The lowest BCUT2D eigenvalue weighted by atomic mass is 9.97. The molecule has 2 heterocycles. The first kappa shape index (κ1) is 16.2. The van der Waals surface area contributed by atoms with E-state index in [0.29, 0.717) is 0 Å². The van der Waals surface area contributed by atoms with Gasteiger partial charge in [0.1, 0.15) is 0 Å². The molecule has 2 fully saturated rings. The standard InChI is InChI=1S/C16H32N2O2/c1-2-10-18(14-15-6-8-17-9-7-15)11-13-20-16-5-3-4-12-19-16/h15-17H,2-14H2,1H3. The topological polar surface area (TPSA) is 33.7 Å². The predicted molar refractivity (Wildman–Crippen MR) is 81.9 cm³/mol. The molecule has 0 saturated carbocycles. The Labute approximate surface area is 124 Å². The third kappa shape index (κ3) is 6.08. The van der Waals surface area contributed by atoms with Gasteiger partial charge in [0.25, 0.3) is 0 Å². The lowest BCUT2D eigenvalue weighted by Gasteiger charge is -2.30. The fourth-order valence-electron chi connectivity index (χ4n) is 3.20. The molecule has 20 heavy (non-hydrogen) atoms. The van der Waals surface area contributed by atoms with Crippen molar-refractivity contribution in [3.8, 4) is 0 Å². The Kier molecular flexibility index (Phi) is 7.88. The van der Waals surface area contributed by atoms with Crippen LogP contribution in [0.5, 0.6) is 0 Å². The van der Waals surface area contributed by atoms with E-state index in [9.17, 15) is 0 Å². The number of piperidine rings is 1. The van der Waals surface area contributed by atoms with Crippen molar-refractivity contribution in [1.82, 2.24) is 10.2 Å². The number of hydrogen-bond acceptors (Lipinski definition) is 4. The molecule has 0 aliphatic carbocycles. The average Bonchev–Trinajstić information content (AvgIpc) is 2.49. The summed E-state index contributed by atoms with van der Waals surface area (Å²) in [6, 6.07) is 0. The molecule has 0 aromatic carbocycles. The first-order valence-electron chi connectivity index (χ1n) is 8.54. The fourth-order valence-corrected chi connectivity index (χ4v) is 3.20. The number of nitrogens with one attached hydrogen (secondary N) is 1. The third-order valence-corrected chi connectivity index (χ3v) is 4.36. The van der Waals surface area contributed by atoms with Crippen LogP contribution in [0.4, 0.5) is 0 Å². The van der Waals surface area contributed by atoms with E-state index in [4.69, 9.17) is 9.47 Å². The second kappa shape index (κ2) is 9.72. The second-order valence-electron chi connectivity index (χ2n) is 6.16. The van der Waals surface area contributed by atoms with Gasteiger partial charge < -0.3 is 19.7 Å². The molecule has 2 aliphatic rings. The molecule has 0 amide bonds.